The molecule has 0 aromatic carbocycles. The van der Waals surface area contributed by atoms with E-state index < -0.39 is 0 Å². The lowest BCUT2D eigenvalue weighted by atomic mass is 10.2. The van der Waals surface area contributed by atoms with E-state index in [0.717, 1.165) is 23.6 Å². The first-order chi connectivity index (χ1) is 9.67. The molecule has 3 aromatic rings. The molecule has 0 fully saturated rings. The number of fused-ring (bicyclic) bond motifs is 1. The van der Waals surface area contributed by atoms with Crippen molar-refractivity contribution in [2.24, 2.45) is 7.05 Å². The largest absolute Gasteiger partial charge is 0.366 e. The van der Waals surface area contributed by atoms with Gasteiger partial charge >= 0.3 is 0 Å². The Kier molecular flexibility index (Phi) is 3.09. The van der Waals surface area contributed by atoms with E-state index in [2.05, 4.69) is 32.4 Å². The van der Waals surface area contributed by atoms with Crippen LogP contribution in [-0.2, 0) is 20.0 Å². The van der Waals surface area contributed by atoms with Gasteiger partial charge in [0.1, 0.15) is 12.1 Å². The van der Waals surface area contributed by atoms with E-state index in [1.54, 1.807) is 4.52 Å². The van der Waals surface area contributed by atoms with Gasteiger partial charge < -0.3 is 5.32 Å². The van der Waals surface area contributed by atoms with Gasteiger partial charge in [0.15, 0.2) is 0 Å². The maximum Gasteiger partial charge on any atom is 0.254 e. The van der Waals surface area contributed by atoms with Gasteiger partial charge in [0.25, 0.3) is 5.78 Å². The first-order valence-electron chi connectivity index (χ1n) is 6.60. The Labute approximate surface area is 116 Å². The van der Waals surface area contributed by atoms with E-state index >= 15 is 0 Å². The number of hydrogen-bond donors (Lipinski definition) is 1. The molecule has 0 amide bonds. The van der Waals surface area contributed by atoms with Gasteiger partial charge in [-0.15, -0.1) is 0 Å². The number of rotatable bonds is 4. The molecule has 0 saturated heterocycles. The molecule has 0 aliphatic rings. The van der Waals surface area contributed by atoms with Crippen molar-refractivity contribution < 1.29 is 0 Å². The van der Waals surface area contributed by atoms with Gasteiger partial charge in [-0.3, -0.25) is 4.68 Å². The van der Waals surface area contributed by atoms with Crippen LogP contribution in [0.2, 0.25) is 0 Å². The molecule has 7 heteroatoms. The summed E-state index contributed by atoms with van der Waals surface area (Å²) < 4.78 is 3.55. The van der Waals surface area contributed by atoms with Gasteiger partial charge in [-0.2, -0.15) is 19.7 Å². The average molecular weight is 271 g/mol. The third kappa shape index (κ3) is 2.22. The molecule has 3 heterocycles. The minimum Gasteiger partial charge on any atom is -0.366 e. The predicted molar refractivity (Wildman–Crippen MR) is 75.4 cm³/mol. The fourth-order valence-electron chi connectivity index (χ4n) is 2.27. The number of anilines is 1. The van der Waals surface area contributed by atoms with Crippen LogP contribution < -0.4 is 5.32 Å². The highest BCUT2D eigenvalue weighted by Crippen LogP contribution is 2.13. The number of nitrogens with one attached hydrogen (secondary N) is 1. The topological polar surface area (TPSA) is 72.9 Å². The standard InChI is InChI=1S/C13H17N7/c1-4-11-10(7-19(3)18-11)6-14-12-5-9(2)17-13-15-8-16-20(12)13/h5,7-8,14H,4,6H2,1-3H3. The fraction of sp³-hybridized carbons (Fsp3) is 0.385. The quantitative estimate of drug-likeness (QED) is 0.775. The molecule has 1 N–H and O–H groups in total. The molecule has 3 aromatic heterocycles. The van der Waals surface area contributed by atoms with Gasteiger partial charge in [0, 0.05) is 37.1 Å². The van der Waals surface area contributed by atoms with E-state index in [1.807, 2.05) is 30.9 Å². The summed E-state index contributed by atoms with van der Waals surface area (Å²) in [5, 5.41) is 12.0. The van der Waals surface area contributed by atoms with Crippen molar-refractivity contribution in [3.8, 4) is 0 Å². The SMILES string of the molecule is CCc1nn(C)cc1CNc1cc(C)nc2ncnn12. The molecular formula is C13H17N7. The second kappa shape index (κ2) is 4.92. The lowest BCUT2D eigenvalue weighted by Crippen LogP contribution is -2.07. The van der Waals surface area contributed by atoms with Crippen molar-refractivity contribution >= 4 is 11.6 Å². The van der Waals surface area contributed by atoms with Crippen LogP contribution in [0.1, 0.15) is 23.9 Å². The minimum absolute atomic E-state index is 0.606. The van der Waals surface area contributed by atoms with Gasteiger partial charge in [0.05, 0.1) is 5.69 Å². The van der Waals surface area contributed by atoms with E-state index in [1.165, 1.54) is 11.9 Å². The number of nitrogens with zero attached hydrogens (tertiary/aromatic N) is 6. The average Bonchev–Trinajstić information content (AvgIpc) is 3.01. The van der Waals surface area contributed by atoms with Crippen molar-refractivity contribution in [1.82, 2.24) is 29.4 Å². The van der Waals surface area contributed by atoms with E-state index in [4.69, 9.17) is 0 Å². The predicted octanol–water partition coefficient (Wildman–Crippen LogP) is 1.34. The molecular weight excluding hydrogens is 254 g/mol. The zero-order chi connectivity index (χ0) is 14.1. The van der Waals surface area contributed by atoms with E-state index in [-0.39, 0.29) is 0 Å². The molecule has 0 spiro atoms. The van der Waals surface area contributed by atoms with Crippen LogP contribution in [0.4, 0.5) is 5.82 Å². The van der Waals surface area contributed by atoms with Crippen LogP contribution in [-0.4, -0.2) is 29.4 Å². The summed E-state index contributed by atoms with van der Waals surface area (Å²) in [7, 11) is 1.94. The third-order valence-corrected chi connectivity index (χ3v) is 3.17. The Morgan fingerprint density at radius 1 is 1.35 bits per heavy atom. The van der Waals surface area contributed by atoms with Gasteiger partial charge in [-0.25, -0.2) is 4.98 Å². The highest BCUT2D eigenvalue weighted by Gasteiger charge is 2.08. The van der Waals surface area contributed by atoms with Crippen molar-refractivity contribution in [3.63, 3.8) is 0 Å². The Hall–Kier alpha value is -2.44. The van der Waals surface area contributed by atoms with Gasteiger partial charge in [0.2, 0.25) is 0 Å². The molecule has 20 heavy (non-hydrogen) atoms. The zero-order valence-electron chi connectivity index (χ0n) is 11.8. The molecule has 0 radical (unpaired) electrons. The number of aryl methyl sites for hydroxylation is 3. The molecule has 7 nitrogen and oxygen atoms in total. The van der Waals surface area contributed by atoms with E-state index in [0.29, 0.717) is 12.3 Å². The van der Waals surface area contributed by atoms with Crippen LogP contribution in [0.15, 0.2) is 18.6 Å². The van der Waals surface area contributed by atoms with E-state index in [9.17, 15) is 0 Å². The molecule has 0 saturated carbocycles. The third-order valence-electron chi connectivity index (χ3n) is 3.17. The highest BCUT2D eigenvalue weighted by atomic mass is 15.4. The maximum atomic E-state index is 4.44. The summed E-state index contributed by atoms with van der Waals surface area (Å²) in [6.07, 6.45) is 4.47. The lowest BCUT2D eigenvalue weighted by Gasteiger charge is -2.08. The number of hydrogen-bond acceptors (Lipinski definition) is 5. The van der Waals surface area contributed by atoms with Crippen molar-refractivity contribution in [3.05, 3.63) is 35.5 Å². The Balaban J connectivity index is 1.88. The van der Waals surface area contributed by atoms with Crippen LogP contribution in [0.5, 0.6) is 0 Å². The summed E-state index contributed by atoms with van der Waals surface area (Å²) >= 11 is 0. The van der Waals surface area contributed by atoms with Crippen molar-refractivity contribution in [2.75, 3.05) is 5.32 Å². The normalized spacial score (nSPS) is 11.2. The van der Waals surface area contributed by atoms with Crippen molar-refractivity contribution in [2.45, 2.75) is 26.8 Å². The first-order valence-corrected chi connectivity index (χ1v) is 6.60. The number of aromatic nitrogens is 6. The maximum absolute atomic E-state index is 4.44. The summed E-state index contributed by atoms with van der Waals surface area (Å²) in [4.78, 5) is 8.44. The van der Waals surface area contributed by atoms with Crippen LogP contribution in [0, 0.1) is 6.92 Å². The summed E-state index contributed by atoms with van der Waals surface area (Å²) in [6.45, 7) is 4.76. The van der Waals surface area contributed by atoms with Gasteiger partial charge in [-0.1, -0.05) is 6.92 Å². The second-order valence-corrected chi connectivity index (χ2v) is 4.74. The second-order valence-electron chi connectivity index (χ2n) is 4.74. The molecule has 0 bridgehead atoms. The fourth-order valence-corrected chi connectivity index (χ4v) is 2.27. The zero-order valence-corrected chi connectivity index (χ0v) is 11.8. The smallest absolute Gasteiger partial charge is 0.254 e. The Morgan fingerprint density at radius 3 is 3.00 bits per heavy atom. The van der Waals surface area contributed by atoms with Crippen LogP contribution in [0.3, 0.4) is 0 Å². The van der Waals surface area contributed by atoms with Gasteiger partial charge in [-0.05, 0) is 13.3 Å². The van der Waals surface area contributed by atoms with Crippen molar-refractivity contribution in [1.29, 1.82) is 0 Å². The Morgan fingerprint density at radius 2 is 2.20 bits per heavy atom. The van der Waals surface area contributed by atoms with Crippen LogP contribution in [0.25, 0.3) is 5.78 Å². The van der Waals surface area contributed by atoms with Crippen LogP contribution >= 0.6 is 0 Å². The summed E-state index contributed by atoms with van der Waals surface area (Å²) in [6, 6.07) is 1.96. The summed E-state index contributed by atoms with van der Waals surface area (Å²) in [5.74, 6) is 1.49. The Bertz CT molecular complexity index is 740. The molecule has 0 atom stereocenters. The molecule has 0 aliphatic carbocycles. The first kappa shape index (κ1) is 12.6. The minimum atomic E-state index is 0.606. The monoisotopic (exact) mass is 271 g/mol. The molecule has 0 aliphatic heterocycles. The summed E-state index contributed by atoms with van der Waals surface area (Å²) in [5.41, 5.74) is 3.22. The highest BCUT2D eigenvalue weighted by molar-refractivity contribution is 5.45. The molecule has 3 rings (SSSR count). The molecule has 0 unspecified atom stereocenters. The lowest BCUT2D eigenvalue weighted by molar-refractivity contribution is 0.746. The molecule has 104 valence electrons.